The molecule has 0 atom stereocenters. The van der Waals surface area contributed by atoms with Crippen molar-refractivity contribution in [3.63, 3.8) is 0 Å². The van der Waals surface area contributed by atoms with Gasteiger partial charge in [-0.3, -0.25) is 9.35 Å². The zero-order chi connectivity index (χ0) is 18.5. The second kappa shape index (κ2) is 6.82. The molecule has 11 heteroatoms. The molecule has 3 rings (SSSR count). The van der Waals surface area contributed by atoms with Gasteiger partial charge in [0.2, 0.25) is 0 Å². The third kappa shape index (κ3) is 3.37. The molecule has 3 aromatic rings. The quantitative estimate of drug-likeness (QED) is 0.284. The van der Waals surface area contributed by atoms with Crippen molar-refractivity contribution in [2.45, 2.75) is 4.90 Å². The van der Waals surface area contributed by atoms with Gasteiger partial charge in [-0.2, -0.15) is 8.42 Å². The fraction of sp³-hybridized carbons (Fsp3) is 0. The van der Waals surface area contributed by atoms with Gasteiger partial charge in [-0.15, -0.1) is 0 Å². The molecule has 4 N–H and O–H groups in total. The number of aromatic hydroxyl groups is 3. The summed E-state index contributed by atoms with van der Waals surface area (Å²) in [4.78, 5) is 11.1. The molecule has 0 aliphatic rings. The van der Waals surface area contributed by atoms with E-state index in [2.05, 4.69) is 0 Å². The molecule has 0 spiro atoms. The van der Waals surface area contributed by atoms with E-state index in [-0.39, 0.29) is 40.9 Å². The van der Waals surface area contributed by atoms with E-state index in [1.165, 1.54) is 6.07 Å². The van der Waals surface area contributed by atoms with Crippen LogP contribution in [-0.2, 0) is 10.1 Å². The Hall–Kier alpha value is -2.24. The number of hydrogen-bond acceptors (Lipinski definition) is 8. The van der Waals surface area contributed by atoms with E-state index in [4.69, 9.17) is 4.42 Å². The summed E-state index contributed by atoms with van der Waals surface area (Å²) in [5.41, 5.74) is -1.59. The third-order valence-corrected chi connectivity index (χ3v) is 4.33. The number of phenols is 3. The van der Waals surface area contributed by atoms with Gasteiger partial charge in [0.25, 0.3) is 0 Å². The van der Waals surface area contributed by atoms with Gasteiger partial charge in [0.1, 0.15) is 28.4 Å². The number of fused-ring (bicyclic) bond motifs is 1. The van der Waals surface area contributed by atoms with E-state index in [1.807, 2.05) is 0 Å². The molecule has 0 aliphatic carbocycles. The van der Waals surface area contributed by atoms with Gasteiger partial charge in [0.05, 0.1) is 0 Å². The van der Waals surface area contributed by atoms with Crippen LogP contribution in [0.2, 0.25) is 0 Å². The van der Waals surface area contributed by atoms with E-state index >= 15 is 0 Å². The monoisotopic (exact) mass is 388 g/mol. The molecule has 1 aromatic heterocycles. The molecule has 130 valence electrons. The number of benzene rings is 2. The molecular formula is C15H9NaO9S. The second-order valence-electron chi connectivity index (χ2n) is 5.08. The maximum atomic E-state index is 12.2. The largest absolute Gasteiger partial charge is 1.00 e. The summed E-state index contributed by atoms with van der Waals surface area (Å²) in [7, 11) is -5.00. The predicted molar refractivity (Wildman–Crippen MR) is 82.2 cm³/mol. The Labute approximate surface area is 167 Å². The topological polar surface area (TPSA) is 168 Å². The first-order valence-corrected chi connectivity index (χ1v) is 8.04. The fourth-order valence-corrected chi connectivity index (χ4v) is 3.04. The van der Waals surface area contributed by atoms with Gasteiger partial charge in [-0.05, 0) is 6.07 Å². The summed E-state index contributed by atoms with van der Waals surface area (Å²) in [5, 5.41) is 39.6. The zero-order valence-electron chi connectivity index (χ0n) is 13.1. The van der Waals surface area contributed by atoms with Crippen molar-refractivity contribution >= 4 is 21.1 Å². The Morgan fingerprint density at radius 1 is 0.962 bits per heavy atom. The van der Waals surface area contributed by atoms with Crippen LogP contribution in [-0.4, -0.2) is 28.3 Å². The van der Waals surface area contributed by atoms with Gasteiger partial charge in [0, 0.05) is 17.7 Å². The summed E-state index contributed by atoms with van der Waals surface area (Å²) >= 11 is 0. The van der Waals surface area contributed by atoms with Crippen LogP contribution in [0.1, 0.15) is 0 Å². The standard InChI is InChI=1S/C15H10O9S.Na/c16-7-2-1-6(3-8(7)17)12-5-10(19)13-9(18)4-11(20)15(14(13)24-12)25(21,22)23;/h1-5,16-18,20H,(H,21,22,23);/q;+1/p-1. The molecule has 0 fully saturated rings. The van der Waals surface area contributed by atoms with Crippen LogP contribution in [0.3, 0.4) is 0 Å². The molecule has 26 heavy (non-hydrogen) atoms. The predicted octanol–water partition coefficient (Wildman–Crippen LogP) is -2.10. The van der Waals surface area contributed by atoms with Crippen LogP contribution >= 0.6 is 0 Å². The first kappa shape index (κ1) is 20.1. The van der Waals surface area contributed by atoms with Crippen molar-refractivity contribution in [3.8, 4) is 34.3 Å². The van der Waals surface area contributed by atoms with Crippen molar-refractivity contribution < 1.29 is 67.4 Å². The fourth-order valence-electron chi connectivity index (χ4n) is 2.34. The molecule has 0 saturated carbocycles. The van der Waals surface area contributed by atoms with Gasteiger partial charge in [-0.25, -0.2) is 0 Å². The van der Waals surface area contributed by atoms with Crippen molar-refractivity contribution in [3.05, 3.63) is 40.6 Å². The molecule has 0 aliphatic heterocycles. The van der Waals surface area contributed by atoms with Crippen molar-refractivity contribution in [2.75, 3.05) is 0 Å². The molecule has 0 bridgehead atoms. The minimum absolute atomic E-state index is 0. The first-order chi connectivity index (χ1) is 11.6. The van der Waals surface area contributed by atoms with Crippen LogP contribution in [0.25, 0.3) is 22.3 Å². The maximum absolute atomic E-state index is 12.2. The summed E-state index contributed by atoms with van der Waals surface area (Å²) in [5.74, 6) is -3.35. The van der Waals surface area contributed by atoms with Crippen LogP contribution in [0.5, 0.6) is 23.0 Å². The van der Waals surface area contributed by atoms with Gasteiger partial charge >= 0.3 is 39.7 Å². The van der Waals surface area contributed by atoms with Crippen molar-refractivity contribution in [1.29, 1.82) is 0 Å². The van der Waals surface area contributed by atoms with E-state index < -0.39 is 54.4 Å². The van der Waals surface area contributed by atoms with E-state index in [1.54, 1.807) is 0 Å². The molecule has 0 unspecified atom stereocenters. The number of phenolic OH excluding ortho intramolecular Hbond substituents is 3. The Balaban J connectivity index is 0.00000243. The summed E-state index contributed by atoms with van der Waals surface area (Å²) in [6.07, 6.45) is 0. The Morgan fingerprint density at radius 3 is 2.19 bits per heavy atom. The molecule has 9 nitrogen and oxygen atoms in total. The van der Waals surface area contributed by atoms with Gasteiger partial charge in [0.15, 0.2) is 15.9 Å². The summed E-state index contributed by atoms with van der Waals surface area (Å²) in [6.45, 7) is 0. The molecule has 0 saturated heterocycles. The van der Waals surface area contributed by atoms with Crippen molar-refractivity contribution in [2.24, 2.45) is 0 Å². The Kier molecular flexibility index (Phi) is 5.26. The average Bonchev–Trinajstić information content (AvgIpc) is 2.47. The van der Waals surface area contributed by atoms with Crippen LogP contribution in [0.15, 0.2) is 44.4 Å². The molecule has 2 aromatic carbocycles. The van der Waals surface area contributed by atoms with Crippen molar-refractivity contribution in [1.82, 2.24) is 0 Å². The minimum atomic E-state index is -5.00. The zero-order valence-corrected chi connectivity index (χ0v) is 15.9. The normalized spacial score (nSPS) is 11.3. The molecular weight excluding hydrogens is 379 g/mol. The Bertz CT molecular complexity index is 1180. The SMILES string of the molecule is O=c1cc(-c2ccc([O-])c(O)c2)oc2c(S(=O)(=O)O)c(O)cc(O)c12.[Na+]. The minimum Gasteiger partial charge on any atom is -0.870 e. The summed E-state index contributed by atoms with van der Waals surface area (Å²) < 4.78 is 37.6. The second-order valence-corrected chi connectivity index (χ2v) is 6.44. The van der Waals surface area contributed by atoms with E-state index in [0.717, 1.165) is 18.2 Å². The molecule has 1 heterocycles. The van der Waals surface area contributed by atoms with E-state index in [0.29, 0.717) is 6.07 Å². The Morgan fingerprint density at radius 2 is 1.62 bits per heavy atom. The maximum Gasteiger partial charge on any atom is 1.00 e. The third-order valence-electron chi connectivity index (χ3n) is 3.42. The number of hydrogen-bond donors (Lipinski definition) is 4. The van der Waals surface area contributed by atoms with Gasteiger partial charge in [-0.1, -0.05) is 17.9 Å². The van der Waals surface area contributed by atoms with Crippen LogP contribution in [0, 0.1) is 0 Å². The van der Waals surface area contributed by atoms with E-state index in [9.17, 15) is 38.2 Å². The van der Waals surface area contributed by atoms with Crippen LogP contribution < -0.4 is 40.1 Å². The molecule has 0 radical (unpaired) electrons. The average molecular weight is 388 g/mol. The molecule has 0 amide bonds. The van der Waals surface area contributed by atoms with Crippen LogP contribution in [0.4, 0.5) is 0 Å². The summed E-state index contributed by atoms with van der Waals surface area (Å²) in [6, 6.07) is 4.68. The first-order valence-electron chi connectivity index (χ1n) is 6.60. The number of rotatable bonds is 2. The van der Waals surface area contributed by atoms with Gasteiger partial charge < -0.3 is 24.8 Å². The smallest absolute Gasteiger partial charge is 0.870 e.